The summed E-state index contributed by atoms with van der Waals surface area (Å²) in [6.45, 7) is 1.84. The number of aliphatic carboxylic acids is 1. The Labute approximate surface area is 154 Å². The van der Waals surface area contributed by atoms with E-state index in [2.05, 4.69) is 5.32 Å². The Balaban J connectivity index is 1.69. The van der Waals surface area contributed by atoms with Crippen LogP contribution in [0.4, 0.5) is 0 Å². The van der Waals surface area contributed by atoms with E-state index >= 15 is 0 Å². The van der Waals surface area contributed by atoms with Gasteiger partial charge in [0.2, 0.25) is 11.8 Å². The Kier molecular flexibility index (Phi) is 8.31. The van der Waals surface area contributed by atoms with Gasteiger partial charge in [-0.15, -0.1) is 0 Å². The highest BCUT2D eigenvalue weighted by Crippen LogP contribution is 2.28. The molecule has 2 aliphatic rings. The molecule has 0 aromatic rings. The van der Waals surface area contributed by atoms with E-state index in [1.807, 2.05) is 0 Å². The van der Waals surface area contributed by atoms with E-state index in [0.717, 1.165) is 32.1 Å². The molecule has 26 heavy (non-hydrogen) atoms. The minimum absolute atomic E-state index is 0.0204. The number of nitrogens with zero attached hydrogens (tertiary/aromatic N) is 1. The molecule has 2 N–H and O–H groups in total. The van der Waals surface area contributed by atoms with Crippen molar-refractivity contribution in [1.82, 2.24) is 10.2 Å². The predicted molar refractivity (Wildman–Crippen MR) is 93.5 cm³/mol. The Morgan fingerprint density at radius 1 is 1.08 bits per heavy atom. The molecule has 2 rings (SSSR count). The Hall–Kier alpha value is -1.67. The standard InChI is InChI=1S/C18H30N2O6/c1-25-9-10-26-12-16(21)19-15-6-4-13(5-7-15)17(22)20-8-2-3-14(11-20)18(23)24/h13-15H,2-12H2,1H3,(H,19,21)(H,23,24). The first-order valence-electron chi connectivity index (χ1n) is 9.39. The summed E-state index contributed by atoms with van der Waals surface area (Å²) in [5, 5.41) is 12.1. The third-order valence-corrected chi connectivity index (χ3v) is 5.19. The van der Waals surface area contributed by atoms with Crippen molar-refractivity contribution in [3.8, 4) is 0 Å². The van der Waals surface area contributed by atoms with E-state index in [-0.39, 0.29) is 30.4 Å². The smallest absolute Gasteiger partial charge is 0.308 e. The van der Waals surface area contributed by atoms with E-state index in [1.54, 1.807) is 12.0 Å². The molecule has 148 valence electrons. The molecule has 0 radical (unpaired) electrons. The zero-order valence-electron chi connectivity index (χ0n) is 15.4. The molecule has 0 aromatic carbocycles. The van der Waals surface area contributed by atoms with Crippen LogP contribution in [0.5, 0.6) is 0 Å². The van der Waals surface area contributed by atoms with Gasteiger partial charge >= 0.3 is 5.97 Å². The van der Waals surface area contributed by atoms with Crippen LogP contribution in [0, 0.1) is 11.8 Å². The predicted octanol–water partition coefficient (Wildman–Crippen LogP) is 0.648. The second-order valence-corrected chi connectivity index (χ2v) is 7.12. The first-order chi connectivity index (χ1) is 12.5. The molecule has 0 spiro atoms. The average molecular weight is 370 g/mol. The molecule has 0 aromatic heterocycles. The third-order valence-electron chi connectivity index (χ3n) is 5.19. The SMILES string of the molecule is COCCOCC(=O)NC1CCC(C(=O)N2CCCC(C(=O)O)C2)CC1. The van der Waals surface area contributed by atoms with Gasteiger partial charge in [-0.3, -0.25) is 14.4 Å². The minimum atomic E-state index is -0.818. The molecule has 8 nitrogen and oxygen atoms in total. The van der Waals surface area contributed by atoms with Crippen LogP contribution < -0.4 is 5.32 Å². The van der Waals surface area contributed by atoms with E-state index in [4.69, 9.17) is 14.6 Å². The van der Waals surface area contributed by atoms with Crippen molar-refractivity contribution in [2.75, 3.05) is 40.0 Å². The van der Waals surface area contributed by atoms with Crippen LogP contribution in [0.2, 0.25) is 0 Å². The maximum atomic E-state index is 12.7. The van der Waals surface area contributed by atoms with Crippen molar-refractivity contribution >= 4 is 17.8 Å². The van der Waals surface area contributed by atoms with Gasteiger partial charge in [0, 0.05) is 32.2 Å². The summed E-state index contributed by atoms with van der Waals surface area (Å²) < 4.78 is 10.1. The van der Waals surface area contributed by atoms with Crippen LogP contribution >= 0.6 is 0 Å². The lowest BCUT2D eigenvalue weighted by Gasteiger charge is -2.36. The number of rotatable bonds is 8. The van der Waals surface area contributed by atoms with Crippen LogP contribution in [0.3, 0.4) is 0 Å². The first-order valence-corrected chi connectivity index (χ1v) is 9.39. The van der Waals surface area contributed by atoms with Crippen LogP contribution in [-0.2, 0) is 23.9 Å². The highest BCUT2D eigenvalue weighted by Gasteiger charge is 2.34. The highest BCUT2D eigenvalue weighted by atomic mass is 16.5. The number of amides is 2. The van der Waals surface area contributed by atoms with Gasteiger partial charge in [0.15, 0.2) is 0 Å². The Morgan fingerprint density at radius 2 is 1.81 bits per heavy atom. The Morgan fingerprint density at radius 3 is 2.46 bits per heavy atom. The number of carboxylic acid groups (broad SMARTS) is 1. The van der Waals surface area contributed by atoms with E-state index in [9.17, 15) is 14.4 Å². The topological polar surface area (TPSA) is 105 Å². The van der Waals surface area contributed by atoms with Crippen molar-refractivity contribution < 1.29 is 29.0 Å². The van der Waals surface area contributed by atoms with E-state index in [0.29, 0.717) is 32.7 Å². The summed E-state index contributed by atoms with van der Waals surface area (Å²) >= 11 is 0. The van der Waals surface area contributed by atoms with Crippen molar-refractivity contribution in [1.29, 1.82) is 0 Å². The third kappa shape index (κ3) is 6.25. The van der Waals surface area contributed by atoms with Gasteiger partial charge in [0.1, 0.15) is 6.61 Å². The second kappa shape index (κ2) is 10.5. The largest absolute Gasteiger partial charge is 0.481 e. The number of likely N-dealkylation sites (tertiary alicyclic amines) is 1. The van der Waals surface area contributed by atoms with Crippen molar-refractivity contribution in [2.45, 2.75) is 44.6 Å². The lowest BCUT2D eigenvalue weighted by Crippen LogP contribution is -2.47. The van der Waals surface area contributed by atoms with Gasteiger partial charge in [0.05, 0.1) is 19.1 Å². The van der Waals surface area contributed by atoms with Gasteiger partial charge in [0.25, 0.3) is 0 Å². The van der Waals surface area contributed by atoms with Gasteiger partial charge in [-0.25, -0.2) is 0 Å². The number of nitrogens with one attached hydrogen (secondary N) is 1. The maximum absolute atomic E-state index is 12.7. The lowest BCUT2D eigenvalue weighted by molar-refractivity contribution is -0.147. The van der Waals surface area contributed by atoms with Gasteiger partial charge in [-0.2, -0.15) is 0 Å². The van der Waals surface area contributed by atoms with Gasteiger partial charge in [-0.1, -0.05) is 0 Å². The van der Waals surface area contributed by atoms with Gasteiger partial charge in [-0.05, 0) is 38.5 Å². The van der Waals surface area contributed by atoms with Crippen molar-refractivity contribution in [3.63, 3.8) is 0 Å². The summed E-state index contributed by atoms with van der Waals surface area (Å²) in [6.07, 6.45) is 4.36. The van der Waals surface area contributed by atoms with Crippen LogP contribution in [-0.4, -0.2) is 73.9 Å². The molecule has 1 saturated heterocycles. The normalized spacial score (nSPS) is 26.3. The van der Waals surface area contributed by atoms with Crippen LogP contribution in [0.1, 0.15) is 38.5 Å². The zero-order chi connectivity index (χ0) is 18.9. The van der Waals surface area contributed by atoms with E-state index in [1.165, 1.54) is 0 Å². The molecular weight excluding hydrogens is 340 g/mol. The lowest BCUT2D eigenvalue weighted by atomic mass is 9.84. The summed E-state index contributed by atoms with van der Waals surface area (Å²) in [7, 11) is 1.58. The van der Waals surface area contributed by atoms with Gasteiger partial charge < -0.3 is 24.8 Å². The molecular formula is C18H30N2O6. The molecule has 8 heteroatoms. The molecule has 2 amide bonds. The first kappa shape index (κ1) is 20.6. The molecule has 1 aliphatic heterocycles. The minimum Gasteiger partial charge on any atom is -0.481 e. The quantitative estimate of drug-likeness (QED) is 0.608. The number of hydrogen-bond donors (Lipinski definition) is 2. The average Bonchev–Trinajstić information content (AvgIpc) is 2.65. The Bertz CT molecular complexity index is 490. The van der Waals surface area contributed by atoms with Crippen molar-refractivity contribution in [3.05, 3.63) is 0 Å². The highest BCUT2D eigenvalue weighted by molar-refractivity contribution is 5.80. The molecule has 1 saturated carbocycles. The summed E-state index contributed by atoms with van der Waals surface area (Å²) in [5.41, 5.74) is 0. The number of hydrogen-bond acceptors (Lipinski definition) is 5. The summed E-state index contributed by atoms with van der Waals surface area (Å²) in [4.78, 5) is 37.4. The molecule has 2 fully saturated rings. The molecule has 1 aliphatic carbocycles. The maximum Gasteiger partial charge on any atom is 0.308 e. The number of carbonyl (C=O) groups is 3. The van der Waals surface area contributed by atoms with Crippen molar-refractivity contribution in [2.24, 2.45) is 11.8 Å². The van der Waals surface area contributed by atoms with Crippen LogP contribution in [0.25, 0.3) is 0 Å². The number of piperidine rings is 1. The fraction of sp³-hybridized carbons (Fsp3) is 0.833. The molecule has 0 bridgehead atoms. The zero-order valence-corrected chi connectivity index (χ0v) is 15.4. The molecule has 1 heterocycles. The van der Waals surface area contributed by atoms with E-state index < -0.39 is 11.9 Å². The second-order valence-electron chi connectivity index (χ2n) is 7.12. The number of carboxylic acids is 1. The fourth-order valence-corrected chi connectivity index (χ4v) is 3.70. The molecule has 1 atom stereocenters. The monoisotopic (exact) mass is 370 g/mol. The number of methoxy groups -OCH3 is 1. The molecule has 1 unspecified atom stereocenters. The number of ether oxygens (including phenoxy) is 2. The fourth-order valence-electron chi connectivity index (χ4n) is 3.70. The summed E-state index contributed by atoms with van der Waals surface area (Å²) in [5.74, 6) is -1.39. The summed E-state index contributed by atoms with van der Waals surface area (Å²) in [6, 6.07) is 0.0747. The van der Waals surface area contributed by atoms with Crippen LogP contribution in [0.15, 0.2) is 0 Å². The number of carbonyl (C=O) groups excluding carboxylic acids is 2.